The van der Waals surface area contributed by atoms with Gasteiger partial charge in [0.25, 0.3) is 0 Å². The van der Waals surface area contributed by atoms with Crippen molar-refractivity contribution in [3.8, 4) is 6.01 Å². The van der Waals surface area contributed by atoms with E-state index in [-0.39, 0.29) is 11.3 Å². The van der Waals surface area contributed by atoms with E-state index in [4.69, 9.17) is 16.3 Å². The monoisotopic (exact) mass is 296 g/mol. The standard InChI is InChI=1S/C14H21ClN4O/c1-3-20-14-18-12(15)17-13(19-14)16-8(2)11-7-9-4-5-10(11)6-9/h8-11H,3-7H2,1-2H3,(H,16,17,18,19). The lowest BCUT2D eigenvalue weighted by atomic mass is 9.84. The number of nitrogens with zero attached hydrogens (tertiary/aromatic N) is 3. The van der Waals surface area contributed by atoms with Crippen LogP contribution < -0.4 is 10.1 Å². The van der Waals surface area contributed by atoms with E-state index < -0.39 is 0 Å². The van der Waals surface area contributed by atoms with Gasteiger partial charge in [-0.3, -0.25) is 0 Å². The zero-order chi connectivity index (χ0) is 14.1. The molecule has 1 N–H and O–H groups in total. The number of fused-ring (bicyclic) bond motifs is 2. The van der Waals surface area contributed by atoms with Gasteiger partial charge in [0.05, 0.1) is 6.61 Å². The molecular weight excluding hydrogens is 276 g/mol. The van der Waals surface area contributed by atoms with E-state index in [2.05, 4.69) is 27.2 Å². The maximum absolute atomic E-state index is 5.91. The highest BCUT2D eigenvalue weighted by Gasteiger charge is 2.41. The average molecular weight is 297 g/mol. The van der Waals surface area contributed by atoms with Crippen molar-refractivity contribution in [1.29, 1.82) is 0 Å². The number of nitrogens with one attached hydrogen (secondary N) is 1. The van der Waals surface area contributed by atoms with Crippen LogP contribution in [-0.2, 0) is 0 Å². The van der Waals surface area contributed by atoms with Gasteiger partial charge in [0, 0.05) is 6.04 Å². The lowest BCUT2D eigenvalue weighted by molar-refractivity contribution is 0.300. The Kier molecular flexibility index (Phi) is 3.96. The zero-order valence-corrected chi connectivity index (χ0v) is 12.7. The van der Waals surface area contributed by atoms with Crippen LogP contribution in [0.5, 0.6) is 6.01 Å². The molecule has 4 atom stereocenters. The predicted octanol–water partition coefficient (Wildman–Crippen LogP) is 3.16. The molecule has 4 unspecified atom stereocenters. The summed E-state index contributed by atoms with van der Waals surface area (Å²) in [5.41, 5.74) is 0. The molecule has 0 radical (unpaired) electrons. The summed E-state index contributed by atoms with van der Waals surface area (Å²) < 4.78 is 5.30. The second-order valence-corrected chi connectivity index (χ2v) is 6.25. The van der Waals surface area contributed by atoms with E-state index >= 15 is 0 Å². The van der Waals surface area contributed by atoms with Crippen LogP contribution >= 0.6 is 11.6 Å². The minimum absolute atomic E-state index is 0.172. The molecule has 1 aromatic heterocycles. The van der Waals surface area contributed by atoms with E-state index in [0.717, 1.165) is 17.8 Å². The summed E-state index contributed by atoms with van der Waals surface area (Å²) in [6.07, 6.45) is 5.53. The maximum Gasteiger partial charge on any atom is 0.322 e. The Morgan fingerprint density at radius 3 is 2.80 bits per heavy atom. The number of aromatic nitrogens is 3. The molecule has 6 heteroatoms. The van der Waals surface area contributed by atoms with Crippen molar-refractivity contribution in [3.05, 3.63) is 5.28 Å². The third-order valence-electron chi connectivity index (χ3n) is 4.65. The quantitative estimate of drug-likeness (QED) is 0.904. The van der Waals surface area contributed by atoms with Crippen molar-refractivity contribution in [3.63, 3.8) is 0 Å². The molecule has 2 aliphatic carbocycles. The molecule has 0 saturated heterocycles. The SMILES string of the molecule is CCOc1nc(Cl)nc(NC(C)C2CC3CCC2C3)n1. The summed E-state index contributed by atoms with van der Waals surface area (Å²) in [5, 5.41) is 3.55. The smallest absolute Gasteiger partial charge is 0.322 e. The molecule has 2 fully saturated rings. The molecule has 2 aliphatic rings. The molecule has 110 valence electrons. The van der Waals surface area contributed by atoms with Gasteiger partial charge in [0.15, 0.2) is 0 Å². The van der Waals surface area contributed by atoms with E-state index in [1.807, 2.05) is 6.92 Å². The normalized spacial score (nSPS) is 29.4. The summed E-state index contributed by atoms with van der Waals surface area (Å²) in [4.78, 5) is 12.3. The lowest BCUT2D eigenvalue weighted by Gasteiger charge is -2.28. The van der Waals surface area contributed by atoms with Crippen LogP contribution in [0.3, 0.4) is 0 Å². The Labute approximate surface area is 124 Å². The first-order valence-electron chi connectivity index (χ1n) is 7.46. The van der Waals surface area contributed by atoms with Crippen molar-refractivity contribution in [2.24, 2.45) is 17.8 Å². The number of ether oxygens (including phenoxy) is 1. The Morgan fingerprint density at radius 1 is 1.30 bits per heavy atom. The van der Waals surface area contributed by atoms with Crippen LogP contribution in [0.2, 0.25) is 5.28 Å². The molecule has 3 rings (SSSR count). The lowest BCUT2D eigenvalue weighted by Crippen LogP contribution is -2.30. The van der Waals surface area contributed by atoms with Gasteiger partial charge in [0.2, 0.25) is 11.2 Å². The van der Waals surface area contributed by atoms with Crippen molar-refractivity contribution in [2.75, 3.05) is 11.9 Å². The fraction of sp³-hybridized carbons (Fsp3) is 0.786. The highest BCUT2D eigenvalue weighted by atomic mass is 35.5. The molecule has 0 aliphatic heterocycles. The molecule has 0 aromatic carbocycles. The Bertz CT molecular complexity index is 484. The van der Waals surface area contributed by atoms with E-state index in [9.17, 15) is 0 Å². The van der Waals surface area contributed by atoms with Crippen LogP contribution in [0, 0.1) is 17.8 Å². The van der Waals surface area contributed by atoms with Gasteiger partial charge in [-0.15, -0.1) is 0 Å². The predicted molar refractivity (Wildman–Crippen MR) is 78.0 cm³/mol. The summed E-state index contributed by atoms with van der Waals surface area (Å²) in [7, 11) is 0. The Morgan fingerprint density at radius 2 is 2.15 bits per heavy atom. The number of halogens is 1. The van der Waals surface area contributed by atoms with Gasteiger partial charge < -0.3 is 10.1 Å². The fourth-order valence-corrected chi connectivity index (χ4v) is 3.96. The Balaban J connectivity index is 1.67. The summed E-state index contributed by atoms with van der Waals surface area (Å²) in [5.74, 6) is 3.05. The van der Waals surface area contributed by atoms with Gasteiger partial charge in [-0.25, -0.2) is 0 Å². The highest BCUT2D eigenvalue weighted by Crippen LogP contribution is 2.49. The van der Waals surface area contributed by atoms with Crippen LogP contribution in [0.25, 0.3) is 0 Å². The summed E-state index contributed by atoms with van der Waals surface area (Å²) in [6.45, 7) is 4.62. The van der Waals surface area contributed by atoms with Gasteiger partial charge in [0.1, 0.15) is 0 Å². The van der Waals surface area contributed by atoms with Gasteiger partial charge >= 0.3 is 6.01 Å². The first kappa shape index (κ1) is 13.9. The second-order valence-electron chi connectivity index (χ2n) is 5.92. The first-order valence-corrected chi connectivity index (χ1v) is 7.84. The third-order valence-corrected chi connectivity index (χ3v) is 4.82. The molecule has 1 heterocycles. The molecule has 2 saturated carbocycles. The molecule has 0 amide bonds. The first-order chi connectivity index (χ1) is 9.65. The van der Waals surface area contributed by atoms with Gasteiger partial charge in [-0.05, 0) is 62.5 Å². The molecule has 2 bridgehead atoms. The van der Waals surface area contributed by atoms with E-state index in [1.54, 1.807) is 0 Å². The van der Waals surface area contributed by atoms with Crippen LogP contribution in [-0.4, -0.2) is 27.6 Å². The van der Waals surface area contributed by atoms with Crippen LogP contribution in [0.1, 0.15) is 39.5 Å². The van der Waals surface area contributed by atoms with Crippen molar-refractivity contribution < 1.29 is 4.74 Å². The van der Waals surface area contributed by atoms with Crippen LogP contribution in [0.4, 0.5) is 5.95 Å². The number of anilines is 1. The summed E-state index contributed by atoms with van der Waals surface area (Å²) >= 11 is 5.91. The van der Waals surface area contributed by atoms with Gasteiger partial charge in [-0.2, -0.15) is 15.0 Å². The molecular formula is C14H21ClN4O. The molecule has 5 nitrogen and oxygen atoms in total. The number of hydrogen-bond acceptors (Lipinski definition) is 5. The summed E-state index contributed by atoms with van der Waals surface area (Å²) in [6, 6.07) is 0.647. The minimum Gasteiger partial charge on any atom is -0.464 e. The van der Waals surface area contributed by atoms with E-state index in [1.165, 1.54) is 25.7 Å². The minimum atomic E-state index is 0.172. The zero-order valence-electron chi connectivity index (χ0n) is 12.0. The van der Waals surface area contributed by atoms with Crippen molar-refractivity contribution in [1.82, 2.24) is 15.0 Å². The third kappa shape index (κ3) is 2.82. The molecule has 1 aromatic rings. The largest absolute Gasteiger partial charge is 0.464 e. The van der Waals surface area contributed by atoms with Crippen molar-refractivity contribution >= 4 is 17.5 Å². The molecule has 20 heavy (non-hydrogen) atoms. The maximum atomic E-state index is 5.91. The Hall–Kier alpha value is -1.10. The topological polar surface area (TPSA) is 59.9 Å². The molecule has 0 spiro atoms. The van der Waals surface area contributed by atoms with E-state index in [0.29, 0.717) is 18.6 Å². The van der Waals surface area contributed by atoms with Crippen LogP contribution in [0.15, 0.2) is 0 Å². The second kappa shape index (κ2) is 5.72. The van der Waals surface area contributed by atoms with Gasteiger partial charge in [-0.1, -0.05) is 6.42 Å². The highest BCUT2D eigenvalue weighted by molar-refractivity contribution is 6.28. The van der Waals surface area contributed by atoms with Crippen molar-refractivity contribution in [2.45, 2.75) is 45.6 Å². The fourth-order valence-electron chi connectivity index (χ4n) is 3.81. The number of rotatable bonds is 5. The number of hydrogen-bond donors (Lipinski definition) is 1. The average Bonchev–Trinajstić information content (AvgIpc) is 3.00.